The molecule has 4 nitrogen and oxygen atoms in total. The number of fused-ring (bicyclic) bond motifs is 1. The Morgan fingerprint density at radius 3 is 2.71 bits per heavy atom. The van der Waals surface area contributed by atoms with Crippen LogP contribution in [0.3, 0.4) is 0 Å². The molecule has 5 heteroatoms. The number of unbranched alkanes of at least 4 members (excludes halogenated alkanes) is 1. The van der Waals surface area contributed by atoms with E-state index in [1.807, 2.05) is 6.20 Å². The van der Waals surface area contributed by atoms with E-state index in [2.05, 4.69) is 22.0 Å². The molecule has 0 amide bonds. The van der Waals surface area contributed by atoms with Gasteiger partial charge in [-0.1, -0.05) is 23.7 Å². The van der Waals surface area contributed by atoms with Crippen molar-refractivity contribution < 1.29 is 10.2 Å². The van der Waals surface area contributed by atoms with Crippen LogP contribution >= 0.6 is 11.6 Å². The van der Waals surface area contributed by atoms with Gasteiger partial charge in [-0.15, -0.1) is 0 Å². The molecule has 0 radical (unpaired) electrons. The molecule has 1 unspecified atom stereocenters. The molecule has 3 aromatic rings. The lowest BCUT2D eigenvalue weighted by Crippen LogP contribution is -2.35. The molecule has 4 rings (SSSR count). The standard InChI is InChI=1S/C23H27ClN2O2/c24-20-10-11-21(28)22-17(14-25-23(20)22)4-1-2-12-26-13-3-5-18(15-26)16-6-8-19(27)9-7-16/h6-11,14,18,25,27-28H,1-5,12-13,15H2. The van der Waals surface area contributed by atoms with E-state index < -0.39 is 0 Å². The Bertz CT molecular complexity index is 936. The number of hydrogen-bond donors (Lipinski definition) is 3. The number of aromatic nitrogens is 1. The van der Waals surface area contributed by atoms with Gasteiger partial charge in [0.15, 0.2) is 0 Å². The summed E-state index contributed by atoms with van der Waals surface area (Å²) in [6.45, 7) is 3.36. The van der Waals surface area contributed by atoms with Gasteiger partial charge in [-0.2, -0.15) is 0 Å². The zero-order valence-electron chi connectivity index (χ0n) is 16.0. The predicted octanol–water partition coefficient (Wildman–Crippen LogP) is 5.43. The summed E-state index contributed by atoms with van der Waals surface area (Å²) in [5.74, 6) is 1.19. The highest BCUT2D eigenvalue weighted by atomic mass is 35.5. The van der Waals surface area contributed by atoms with Crippen LogP contribution in [0, 0.1) is 0 Å². The van der Waals surface area contributed by atoms with E-state index in [0.29, 0.717) is 22.4 Å². The Balaban J connectivity index is 1.30. The summed E-state index contributed by atoms with van der Waals surface area (Å²) in [4.78, 5) is 5.76. The first-order chi connectivity index (χ1) is 13.6. The molecule has 2 heterocycles. The zero-order chi connectivity index (χ0) is 19.5. The summed E-state index contributed by atoms with van der Waals surface area (Å²) >= 11 is 6.22. The molecular formula is C23H27ClN2O2. The van der Waals surface area contributed by atoms with Crippen LogP contribution in [0.2, 0.25) is 5.02 Å². The smallest absolute Gasteiger partial charge is 0.125 e. The average Bonchev–Trinajstić information content (AvgIpc) is 3.14. The van der Waals surface area contributed by atoms with Gasteiger partial charge >= 0.3 is 0 Å². The second kappa shape index (κ2) is 8.46. The second-order valence-electron chi connectivity index (χ2n) is 7.82. The Labute approximate surface area is 170 Å². The molecule has 1 fully saturated rings. The number of phenolic OH excluding ortho intramolecular Hbond substituents is 2. The van der Waals surface area contributed by atoms with Crippen molar-refractivity contribution in [3.05, 3.63) is 58.7 Å². The van der Waals surface area contributed by atoms with Crippen LogP contribution in [0.4, 0.5) is 0 Å². The first-order valence-corrected chi connectivity index (χ1v) is 10.5. The lowest BCUT2D eigenvalue weighted by molar-refractivity contribution is 0.204. The number of hydrogen-bond acceptors (Lipinski definition) is 3. The van der Waals surface area contributed by atoms with Gasteiger partial charge in [0.2, 0.25) is 0 Å². The first-order valence-electron chi connectivity index (χ1n) is 10.1. The molecule has 28 heavy (non-hydrogen) atoms. The Morgan fingerprint density at radius 1 is 1.07 bits per heavy atom. The largest absolute Gasteiger partial charge is 0.508 e. The SMILES string of the molecule is Oc1ccc(C2CCCN(CCCCc3c[nH]c4c(Cl)ccc(O)c34)C2)cc1. The van der Waals surface area contributed by atoms with Gasteiger partial charge in [-0.05, 0) is 86.5 Å². The normalized spacial score (nSPS) is 18.0. The predicted molar refractivity (Wildman–Crippen MR) is 114 cm³/mol. The Morgan fingerprint density at radius 2 is 1.89 bits per heavy atom. The maximum Gasteiger partial charge on any atom is 0.125 e. The Kier molecular flexibility index (Phi) is 5.79. The summed E-state index contributed by atoms with van der Waals surface area (Å²) in [7, 11) is 0. The van der Waals surface area contributed by atoms with Crippen LogP contribution in [0.5, 0.6) is 11.5 Å². The Hall–Kier alpha value is -2.17. The van der Waals surface area contributed by atoms with Gasteiger partial charge in [0.1, 0.15) is 11.5 Å². The van der Waals surface area contributed by atoms with E-state index in [-0.39, 0.29) is 0 Å². The fourth-order valence-corrected chi connectivity index (χ4v) is 4.60. The van der Waals surface area contributed by atoms with Crippen LogP contribution in [-0.4, -0.2) is 39.7 Å². The summed E-state index contributed by atoms with van der Waals surface area (Å²) in [5, 5.41) is 21.2. The molecule has 148 valence electrons. The number of aromatic hydroxyl groups is 2. The summed E-state index contributed by atoms with van der Waals surface area (Å²) < 4.78 is 0. The van der Waals surface area contributed by atoms with Crippen molar-refractivity contribution in [3.63, 3.8) is 0 Å². The van der Waals surface area contributed by atoms with E-state index in [0.717, 1.165) is 55.4 Å². The van der Waals surface area contributed by atoms with Crippen molar-refractivity contribution in [2.45, 2.75) is 38.0 Å². The van der Waals surface area contributed by atoms with Crippen LogP contribution in [0.25, 0.3) is 10.9 Å². The number of piperidine rings is 1. The highest BCUT2D eigenvalue weighted by Crippen LogP contribution is 2.33. The average molecular weight is 399 g/mol. The summed E-state index contributed by atoms with van der Waals surface area (Å²) in [5.41, 5.74) is 3.29. The molecule has 2 aromatic carbocycles. The molecule has 0 bridgehead atoms. The summed E-state index contributed by atoms with van der Waals surface area (Å²) in [6, 6.07) is 11.1. The zero-order valence-corrected chi connectivity index (χ0v) is 16.8. The quantitative estimate of drug-likeness (QED) is 0.485. The van der Waals surface area contributed by atoms with E-state index in [4.69, 9.17) is 11.6 Å². The van der Waals surface area contributed by atoms with Gasteiger partial charge in [0.25, 0.3) is 0 Å². The van der Waals surface area contributed by atoms with E-state index >= 15 is 0 Å². The van der Waals surface area contributed by atoms with Crippen molar-refractivity contribution in [1.82, 2.24) is 9.88 Å². The van der Waals surface area contributed by atoms with E-state index in [1.165, 1.54) is 18.4 Å². The molecule has 0 aliphatic carbocycles. The molecule has 0 spiro atoms. The van der Waals surface area contributed by atoms with Crippen molar-refractivity contribution in [2.24, 2.45) is 0 Å². The number of nitrogens with zero attached hydrogens (tertiary/aromatic N) is 1. The number of halogens is 1. The minimum atomic E-state index is 0.295. The highest BCUT2D eigenvalue weighted by Gasteiger charge is 2.21. The third-order valence-electron chi connectivity index (χ3n) is 5.88. The highest BCUT2D eigenvalue weighted by molar-refractivity contribution is 6.35. The molecule has 1 aromatic heterocycles. The summed E-state index contributed by atoms with van der Waals surface area (Å²) in [6.07, 6.45) is 7.56. The molecule has 1 saturated heterocycles. The third-order valence-corrected chi connectivity index (χ3v) is 6.20. The van der Waals surface area contributed by atoms with Crippen LogP contribution in [-0.2, 0) is 6.42 Å². The van der Waals surface area contributed by atoms with Crippen molar-refractivity contribution >= 4 is 22.5 Å². The van der Waals surface area contributed by atoms with Crippen molar-refractivity contribution in [3.8, 4) is 11.5 Å². The fraction of sp³-hybridized carbons (Fsp3) is 0.391. The number of aryl methyl sites for hydroxylation is 1. The molecule has 1 aliphatic heterocycles. The number of benzene rings is 2. The maximum atomic E-state index is 10.2. The minimum Gasteiger partial charge on any atom is -0.508 e. The molecule has 1 atom stereocenters. The van der Waals surface area contributed by atoms with Crippen molar-refractivity contribution in [1.29, 1.82) is 0 Å². The minimum absolute atomic E-state index is 0.295. The molecular weight excluding hydrogens is 372 g/mol. The van der Waals surface area contributed by atoms with Gasteiger partial charge in [-0.3, -0.25) is 0 Å². The number of aromatic amines is 1. The molecule has 3 N–H and O–H groups in total. The first kappa shape index (κ1) is 19.2. The second-order valence-corrected chi connectivity index (χ2v) is 8.23. The van der Waals surface area contributed by atoms with Crippen LogP contribution in [0.1, 0.15) is 42.7 Å². The number of phenols is 2. The number of rotatable bonds is 6. The third kappa shape index (κ3) is 4.13. The lowest BCUT2D eigenvalue weighted by Gasteiger charge is -2.33. The maximum absolute atomic E-state index is 10.2. The molecule has 1 aliphatic rings. The fourth-order valence-electron chi connectivity index (χ4n) is 4.39. The molecule has 0 saturated carbocycles. The lowest BCUT2D eigenvalue weighted by atomic mass is 9.90. The van der Waals surface area contributed by atoms with E-state index in [9.17, 15) is 10.2 Å². The number of H-pyrrole nitrogens is 1. The van der Waals surface area contributed by atoms with Crippen molar-refractivity contribution in [2.75, 3.05) is 19.6 Å². The van der Waals surface area contributed by atoms with Gasteiger partial charge in [0.05, 0.1) is 10.5 Å². The number of nitrogens with one attached hydrogen (secondary N) is 1. The van der Waals surface area contributed by atoms with Crippen LogP contribution in [0.15, 0.2) is 42.6 Å². The number of likely N-dealkylation sites (tertiary alicyclic amines) is 1. The van der Waals surface area contributed by atoms with E-state index in [1.54, 1.807) is 24.3 Å². The topological polar surface area (TPSA) is 59.5 Å². The van der Waals surface area contributed by atoms with Gasteiger partial charge < -0.3 is 20.1 Å². The van der Waals surface area contributed by atoms with Gasteiger partial charge in [-0.25, -0.2) is 0 Å². The monoisotopic (exact) mass is 398 g/mol. The van der Waals surface area contributed by atoms with Crippen LogP contribution < -0.4 is 0 Å². The van der Waals surface area contributed by atoms with Gasteiger partial charge in [0, 0.05) is 18.1 Å².